The number of para-hydroxylation sites is 1. The molecule has 4 heteroatoms. The number of hydrogen-bond donors (Lipinski definition) is 1. The summed E-state index contributed by atoms with van der Waals surface area (Å²) in [6, 6.07) is 5.79. The summed E-state index contributed by atoms with van der Waals surface area (Å²) in [7, 11) is 1.66. The van der Waals surface area contributed by atoms with Crippen LogP contribution in [-0.2, 0) is 6.42 Å². The molecule has 102 valence electrons. The Hall–Kier alpha value is -1.55. The second-order valence-corrected chi connectivity index (χ2v) is 5.15. The highest BCUT2D eigenvalue weighted by atomic mass is 16.5. The summed E-state index contributed by atoms with van der Waals surface area (Å²) in [4.78, 5) is 4.56. The van der Waals surface area contributed by atoms with Crippen molar-refractivity contribution in [2.24, 2.45) is 5.92 Å². The van der Waals surface area contributed by atoms with Crippen LogP contribution in [0.2, 0.25) is 0 Å². The van der Waals surface area contributed by atoms with Gasteiger partial charge in [-0.05, 0) is 50.4 Å². The third-order valence-electron chi connectivity index (χ3n) is 3.87. The highest BCUT2D eigenvalue weighted by Gasteiger charge is 2.15. The van der Waals surface area contributed by atoms with E-state index in [9.17, 15) is 0 Å². The maximum absolute atomic E-state index is 5.79. The number of rotatable bonds is 4. The average Bonchev–Trinajstić information content (AvgIpc) is 2.89. The molecule has 19 heavy (non-hydrogen) atoms. The summed E-state index contributed by atoms with van der Waals surface area (Å²) in [5.74, 6) is 2.42. The monoisotopic (exact) mass is 260 g/mol. The van der Waals surface area contributed by atoms with Crippen LogP contribution in [0.5, 0.6) is 5.75 Å². The SMILES string of the molecule is COc1cccc2oc(CCC3CCNCC3)nc12. The van der Waals surface area contributed by atoms with Crippen LogP contribution in [0.1, 0.15) is 25.2 Å². The summed E-state index contributed by atoms with van der Waals surface area (Å²) < 4.78 is 11.1. The van der Waals surface area contributed by atoms with Gasteiger partial charge in [-0.1, -0.05) is 6.07 Å². The van der Waals surface area contributed by atoms with E-state index in [0.717, 1.165) is 54.6 Å². The smallest absolute Gasteiger partial charge is 0.195 e. The average molecular weight is 260 g/mol. The molecule has 1 fully saturated rings. The van der Waals surface area contributed by atoms with Crippen LogP contribution in [0.3, 0.4) is 0 Å². The molecule has 1 saturated heterocycles. The molecular weight excluding hydrogens is 240 g/mol. The Morgan fingerprint density at radius 1 is 1.37 bits per heavy atom. The Labute approximate surface area is 113 Å². The molecule has 0 spiro atoms. The lowest BCUT2D eigenvalue weighted by Crippen LogP contribution is -2.27. The van der Waals surface area contributed by atoms with Gasteiger partial charge in [0.15, 0.2) is 17.0 Å². The molecule has 0 amide bonds. The largest absolute Gasteiger partial charge is 0.494 e. The minimum absolute atomic E-state index is 0.786. The maximum Gasteiger partial charge on any atom is 0.195 e. The second-order valence-electron chi connectivity index (χ2n) is 5.15. The summed E-state index contributed by atoms with van der Waals surface area (Å²) in [5.41, 5.74) is 1.66. The summed E-state index contributed by atoms with van der Waals surface area (Å²) >= 11 is 0. The molecule has 0 atom stereocenters. The van der Waals surface area contributed by atoms with E-state index in [2.05, 4.69) is 10.3 Å². The van der Waals surface area contributed by atoms with Gasteiger partial charge in [0.2, 0.25) is 0 Å². The molecule has 0 radical (unpaired) electrons. The van der Waals surface area contributed by atoms with Crippen molar-refractivity contribution in [1.29, 1.82) is 0 Å². The van der Waals surface area contributed by atoms with Gasteiger partial charge >= 0.3 is 0 Å². The fourth-order valence-electron chi connectivity index (χ4n) is 2.74. The fourth-order valence-corrected chi connectivity index (χ4v) is 2.74. The first-order valence-electron chi connectivity index (χ1n) is 7.00. The van der Waals surface area contributed by atoms with Crippen molar-refractivity contribution in [3.63, 3.8) is 0 Å². The maximum atomic E-state index is 5.79. The predicted octanol–water partition coefficient (Wildman–Crippen LogP) is 2.77. The van der Waals surface area contributed by atoms with Crippen molar-refractivity contribution in [3.8, 4) is 5.75 Å². The number of ether oxygens (including phenoxy) is 1. The number of nitrogens with zero attached hydrogens (tertiary/aromatic N) is 1. The lowest BCUT2D eigenvalue weighted by Gasteiger charge is -2.21. The Bertz CT molecular complexity index is 544. The van der Waals surface area contributed by atoms with Gasteiger partial charge in [0.1, 0.15) is 5.75 Å². The number of benzene rings is 1. The second kappa shape index (κ2) is 5.61. The molecular formula is C15H20N2O2. The molecule has 1 aromatic carbocycles. The molecule has 0 saturated carbocycles. The van der Waals surface area contributed by atoms with Gasteiger partial charge in [-0.25, -0.2) is 4.98 Å². The third kappa shape index (κ3) is 2.73. The normalized spacial score (nSPS) is 16.9. The van der Waals surface area contributed by atoms with Crippen LogP contribution in [0.4, 0.5) is 0 Å². The first-order chi connectivity index (χ1) is 9.36. The van der Waals surface area contributed by atoms with Gasteiger partial charge in [-0.2, -0.15) is 0 Å². The Morgan fingerprint density at radius 3 is 3.00 bits per heavy atom. The number of aryl methyl sites for hydroxylation is 1. The summed E-state index contributed by atoms with van der Waals surface area (Å²) in [5, 5.41) is 3.39. The van der Waals surface area contributed by atoms with Crippen molar-refractivity contribution >= 4 is 11.1 Å². The Morgan fingerprint density at radius 2 is 2.21 bits per heavy atom. The lowest BCUT2D eigenvalue weighted by molar-refractivity contribution is 0.343. The topological polar surface area (TPSA) is 47.3 Å². The van der Waals surface area contributed by atoms with Gasteiger partial charge in [0.25, 0.3) is 0 Å². The van der Waals surface area contributed by atoms with E-state index < -0.39 is 0 Å². The minimum atomic E-state index is 0.786. The van der Waals surface area contributed by atoms with Crippen molar-refractivity contribution in [1.82, 2.24) is 10.3 Å². The van der Waals surface area contributed by atoms with E-state index in [1.165, 1.54) is 12.8 Å². The van der Waals surface area contributed by atoms with E-state index in [0.29, 0.717) is 0 Å². The van der Waals surface area contributed by atoms with Crippen molar-refractivity contribution in [3.05, 3.63) is 24.1 Å². The highest BCUT2D eigenvalue weighted by Crippen LogP contribution is 2.27. The molecule has 0 bridgehead atoms. The van der Waals surface area contributed by atoms with Crippen LogP contribution in [-0.4, -0.2) is 25.2 Å². The first kappa shape index (κ1) is 12.5. The third-order valence-corrected chi connectivity index (χ3v) is 3.87. The molecule has 3 rings (SSSR count). The summed E-state index contributed by atoms with van der Waals surface area (Å²) in [6.07, 6.45) is 4.62. The number of hydrogen-bond acceptors (Lipinski definition) is 4. The fraction of sp³-hybridized carbons (Fsp3) is 0.533. The predicted molar refractivity (Wildman–Crippen MR) is 74.5 cm³/mol. The standard InChI is InChI=1S/C15H20N2O2/c1-18-12-3-2-4-13-15(12)17-14(19-13)6-5-11-7-9-16-10-8-11/h2-4,11,16H,5-10H2,1H3. The molecule has 2 heterocycles. The van der Waals surface area contributed by atoms with Gasteiger partial charge in [0.05, 0.1) is 7.11 Å². The highest BCUT2D eigenvalue weighted by molar-refractivity contribution is 5.79. The van der Waals surface area contributed by atoms with E-state index in [1.807, 2.05) is 18.2 Å². The zero-order valence-corrected chi connectivity index (χ0v) is 11.3. The number of aromatic nitrogens is 1. The summed E-state index contributed by atoms with van der Waals surface area (Å²) in [6.45, 7) is 2.29. The first-order valence-corrected chi connectivity index (χ1v) is 7.00. The van der Waals surface area contributed by atoms with Crippen LogP contribution < -0.4 is 10.1 Å². The van der Waals surface area contributed by atoms with E-state index in [1.54, 1.807) is 7.11 Å². The lowest BCUT2D eigenvalue weighted by atomic mass is 9.93. The molecule has 1 aromatic heterocycles. The molecule has 1 aliphatic rings. The number of fused-ring (bicyclic) bond motifs is 1. The zero-order chi connectivity index (χ0) is 13.1. The molecule has 1 N–H and O–H groups in total. The van der Waals surface area contributed by atoms with Gasteiger partial charge in [-0.15, -0.1) is 0 Å². The van der Waals surface area contributed by atoms with E-state index in [4.69, 9.17) is 9.15 Å². The van der Waals surface area contributed by atoms with Gasteiger partial charge in [-0.3, -0.25) is 0 Å². The van der Waals surface area contributed by atoms with Crippen molar-refractivity contribution in [2.45, 2.75) is 25.7 Å². The quantitative estimate of drug-likeness (QED) is 0.918. The number of methoxy groups -OCH3 is 1. The number of nitrogens with one attached hydrogen (secondary N) is 1. The van der Waals surface area contributed by atoms with Gasteiger partial charge < -0.3 is 14.5 Å². The van der Waals surface area contributed by atoms with Gasteiger partial charge in [0, 0.05) is 6.42 Å². The van der Waals surface area contributed by atoms with Crippen molar-refractivity contribution in [2.75, 3.05) is 20.2 Å². The van der Waals surface area contributed by atoms with Crippen LogP contribution in [0.15, 0.2) is 22.6 Å². The molecule has 4 nitrogen and oxygen atoms in total. The minimum Gasteiger partial charge on any atom is -0.494 e. The Kier molecular flexibility index (Phi) is 3.69. The zero-order valence-electron chi connectivity index (χ0n) is 11.3. The Balaban J connectivity index is 1.70. The van der Waals surface area contributed by atoms with Crippen molar-refractivity contribution < 1.29 is 9.15 Å². The van der Waals surface area contributed by atoms with Crippen LogP contribution >= 0.6 is 0 Å². The number of piperidine rings is 1. The molecule has 1 aliphatic heterocycles. The van der Waals surface area contributed by atoms with Crippen LogP contribution in [0.25, 0.3) is 11.1 Å². The molecule has 0 aliphatic carbocycles. The molecule has 2 aromatic rings. The van der Waals surface area contributed by atoms with E-state index >= 15 is 0 Å². The molecule has 0 unspecified atom stereocenters. The van der Waals surface area contributed by atoms with Crippen LogP contribution in [0, 0.1) is 5.92 Å². The number of oxazole rings is 1. The van der Waals surface area contributed by atoms with E-state index in [-0.39, 0.29) is 0 Å².